The molecule has 0 aliphatic rings. The molecule has 0 amide bonds. The molecular weight excluding hydrogens is 164 g/mol. The number of hydrogen-bond donors (Lipinski definition) is 0. The first-order valence-electron chi connectivity index (χ1n) is 3.01. The van der Waals surface area contributed by atoms with E-state index in [0.717, 1.165) is 11.5 Å². The summed E-state index contributed by atoms with van der Waals surface area (Å²) in [5, 5.41) is 6.69. The van der Waals surface area contributed by atoms with E-state index in [-0.39, 0.29) is 0 Å². The fourth-order valence-electron chi connectivity index (χ4n) is 0.402. The van der Waals surface area contributed by atoms with Crippen LogP contribution in [0.1, 0.15) is 0 Å². The normalized spacial score (nSPS) is 8.00. The van der Waals surface area contributed by atoms with E-state index >= 15 is 0 Å². The van der Waals surface area contributed by atoms with Crippen molar-refractivity contribution < 1.29 is 0 Å². The molecule has 0 saturated carbocycles. The predicted octanol–water partition coefficient (Wildman–Crippen LogP) is 2.34. The van der Waals surface area contributed by atoms with Crippen LogP contribution in [0.4, 0.5) is 0 Å². The van der Waals surface area contributed by atoms with Crippen LogP contribution in [0.3, 0.4) is 0 Å². The minimum atomic E-state index is 0.497. The van der Waals surface area contributed by atoms with Crippen LogP contribution in [0, 0.1) is 0 Å². The fourth-order valence-corrected chi connectivity index (χ4v) is 1.03. The van der Waals surface area contributed by atoms with Crippen molar-refractivity contribution in [1.29, 1.82) is 0 Å². The van der Waals surface area contributed by atoms with Crippen molar-refractivity contribution in [2.75, 3.05) is 24.6 Å². The molecule has 0 rings (SSSR count). The summed E-state index contributed by atoms with van der Waals surface area (Å²) in [6, 6.07) is 0. The molecule has 0 bridgehead atoms. The highest BCUT2D eigenvalue weighted by Gasteiger charge is 1.85. The van der Waals surface area contributed by atoms with Gasteiger partial charge >= 0.3 is 0 Å². The average molecular weight is 172 g/mol. The van der Waals surface area contributed by atoms with E-state index < -0.39 is 0 Å². The van der Waals surface area contributed by atoms with E-state index in [9.17, 15) is 0 Å². The first-order valence-corrected chi connectivity index (χ1v) is 4.16. The lowest BCUT2D eigenvalue weighted by Crippen LogP contribution is -1.88. The highest BCUT2D eigenvalue weighted by Crippen LogP contribution is 1.98. The summed E-state index contributed by atoms with van der Waals surface area (Å²) in [6.45, 7) is 0.995. The maximum atomic E-state index is 7.89. The molecule has 0 heterocycles. The molecule has 7 heteroatoms. The summed E-state index contributed by atoms with van der Waals surface area (Å²) in [6.07, 6.45) is 0. The van der Waals surface area contributed by atoms with E-state index in [2.05, 4.69) is 20.1 Å². The largest absolute Gasteiger partial charge is 0.162 e. The van der Waals surface area contributed by atoms with Crippen LogP contribution >= 0.6 is 11.8 Å². The Hall–Kier alpha value is -1.03. The lowest BCUT2D eigenvalue weighted by Gasteiger charge is -1.91. The van der Waals surface area contributed by atoms with Gasteiger partial charge in [0.2, 0.25) is 0 Å². The van der Waals surface area contributed by atoms with Gasteiger partial charge in [0, 0.05) is 22.9 Å². The van der Waals surface area contributed by atoms with Crippen molar-refractivity contribution in [2.45, 2.75) is 0 Å². The molecule has 0 aliphatic heterocycles. The zero-order valence-electron chi connectivity index (χ0n) is 5.92. The Morgan fingerprint density at radius 1 is 1.00 bits per heavy atom. The third kappa shape index (κ3) is 8.97. The van der Waals surface area contributed by atoms with Crippen LogP contribution in [-0.4, -0.2) is 24.6 Å². The van der Waals surface area contributed by atoms with E-state index in [1.807, 2.05) is 0 Å². The number of nitrogens with zero attached hydrogens (tertiary/aromatic N) is 6. The smallest absolute Gasteiger partial charge is 0.0348 e. The molecule has 11 heavy (non-hydrogen) atoms. The molecule has 0 unspecified atom stereocenters. The van der Waals surface area contributed by atoms with Crippen molar-refractivity contribution in [1.82, 2.24) is 0 Å². The SMILES string of the molecule is [N-]=[N+]=NCCSCCN=[N+]=[N-]. The quantitative estimate of drug-likeness (QED) is 0.261. The van der Waals surface area contributed by atoms with Gasteiger partial charge in [-0.1, -0.05) is 10.2 Å². The van der Waals surface area contributed by atoms with Gasteiger partial charge < -0.3 is 0 Å². The number of thioether (sulfide) groups is 1. The second-order valence-electron chi connectivity index (χ2n) is 1.52. The molecule has 0 saturated heterocycles. The summed E-state index contributed by atoms with van der Waals surface area (Å²) < 4.78 is 0. The molecule has 0 aliphatic carbocycles. The molecule has 0 aromatic heterocycles. The van der Waals surface area contributed by atoms with Crippen LogP contribution in [-0.2, 0) is 0 Å². The molecule has 0 spiro atoms. The van der Waals surface area contributed by atoms with Crippen molar-refractivity contribution in [3.05, 3.63) is 20.9 Å². The summed E-state index contributed by atoms with van der Waals surface area (Å²) in [5.74, 6) is 1.57. The summed E-state index contributed by atoms with van der Waals surface area (Å²) in [4.78, 5) is 5.20. The molecule has 6 nitrogen and oxygen atoms in total. The number of azide groups is 2. The summed E-state index contributed by atoms with van der Waals surface area (Å²) in [5.41, 5.74) is 15.8. The van der Waals surface area contributed by atoms with E-state index in [0.29, 0.717) is 13.1 Å². The Morgan fingerprint density at radius 2 is 1.45 bits per heavy atom. The molecule has 0 N–H and O–H groups in total. The van der Waals surface area contributed by atoms with Gasteiger partial charge in [-0.15, -0.1) is 0 Å². The minimum absolute atomic E-state index is 0.497. The van der Waals surface area contributed by atoms with Gasteiger partial charge in [0.15, 0.2) is 0 Å². The van der Waals surface area contributed by atoms with Gasteiger partial charge in [0.25, 0.3) is 0 Å². The van der Waals surface area contributed by atoms with Crippen molar-refractivity contribution in [3.63, 3.8) is 0 Å². The molecule has 60 valence electrons. The fraction of sp³-hybridized carbons (Fsp3) is 1.00. The Morgan fingerprint density at radius 3 is 1.82 bits per heavy atom. The second kappa shape index (κ2) is 8.97. The maximum Gasteiger partial charge on any atom is 0.0348 e. The number of rotatable bonds is 6. The monoisotopic (exact) mass is 172 g/mol. The lowest BCUT2D eigenvalue weighted by atomic mass is 10.8. The van der Waals surface area contributed by atoms with Crippen molar-refractivity contribution >= 4 is 11.8 Å². The Bertz CT molecular complexity index is 159. The molecule has 0 radical (unpaired) electrons. The standard InChI is InChI=1S/C4H8N6S/c5-9-7-1-3-11-4-2-8-10-6/h1-4H2. The first kappa shape index (κ1) is 9.97. The van der Waals surface area contributed by atoms with E-state index in [1.165, 1.54) is 0 Å². The van der Waals surface area contributed by atoms with Gasteiger partial charge in [0.1, 0.15) is 0 Å². The number of hydrogen-bond acceptors (Lipinski definition) is 3. The van der Waals surface area contributed by atoms with Gasteiger partial charge in [-0.25, -0.2) is 0 Å². The van der Waals surface area contributed by atoms with E-state index in [1.54, 1.807) is 11.8 Å². The lowest BCUT2D eigenvalue weighted by molar-refractivity contribution is 1.10. The van der Waals surface area contributed by atoms with Gasteiger partial charge in [-0.3, -0.25) is 0 Å². The topological polar surface area (TPSA) is 97.5 Å². The molecule has 0 aromatic rings. The molecule has 0 atom stereocenters. The summed E-state index contributed by atoms with van der Waals surface area (Å²) in [7, 11) is 0. The zero-order valence-corrected chi connectivity index (χ0v) is 6.74. The molecule has 0 aromatic carbocycles. The van der Waals surface area contributed by atoms with E-state index in [4.69, 9.17) is 11.1 Å². The molecule has 0 fully saturated rings. The van der Waals surface area contributed by atoms with Crippen LogP contribution in [0.2, 0.25) is 0 Å². The summed E-state index contributed by atoms with van der Waals surface area (Å²) >= 11 is 1.60. The van der Waals surface area contributed by atoms with Crippen LogP contribution in [0.25, 0.3) is 20.9 Å². The Labute approximate surface area is 68.2 Å². The Balaban J connectivity index is 3.02. The second-order valence-corrected chi connectivity index (χ2v) is 2.75. The zero-order chi connectivity index (χ0) is 8.36. The average Bonchev–Trinajstić information content (AvgIpc) is 2.03. The van der Waals surface area contributed by atoms with Gasteiger partial charge in [-0.05, 0) is 22.6 Å². The van der Waals surface area contributed by atoms with Crippen molar-refractivity contribution in [3.8, 4) is 0 Å². The Kier molecular flexibility index (Phi) is 8.13. The van der Waals surface area contributed by atoms with Gasteiger partial charge in [0.05, 0.1) is 0 Å². The molecular formula is C4H8N6S. The first-order chi connectivity index (χ1) is 5.41. The third-order valence-corrected chi connectivity index (χ3v) is 1.74. The highest BCUT2D eigenvalue weighted by molar-refractivity contribution is 7.99. The van der Waals surface area contributed by atoms with Crippen molar-refractivity contribution in [2.24, 2.45) is 10.2 Å². The maximum absolute atomic E-state index is 7.89. The minimum Gasteiger partial charge on any atom is -0.162 e. The third-order valence-electron chi connectivity index (χ3n) is 0.798. The van der Waals surface area contributed by atoms with Gasteiger partial charge in [-0.2, -0.15) is 11.8 Å². The predicted molar refractivity (Wildman–Crippen MR) is 45.4 cm³/mol. The van der Waals surface area contributed by atoms with Crippen LogP contribution < -0.4 is 0 Å². The van der Waals surface area contributed by atoms with Crippen LogP contribution in [0.15, 0.2) is 10.2 Å². The highest BCUT2D eigenvalue weighted by atomic mass is 32.2. The van der Waals surface area contributed by atoms with Crippen LogP contribution in [0.5, 0.6) is 0 Å².